The Morgan fingerprint density at radius 2 is 1.27 bits per heavy atom. The molecule has 1 aliphatic heterocycles. The van der Waals surface area contributed by atoms with E-state index in [4.69, 9.17) is 9.47 Å². The van der Waals surface area contributed by atoms with Crippen LogP contribution in [0.3, 0.4) is 0 Å². The molecule has 0 aromatic heterocycles. The molecule has 3 aromatic carbocycles. The Balaban J connectivity index is 1.49. The summed E-state index contributed by atoms with van der Waals surface area (Å²) in [5.74, 6) is -0.877. The highest BCUT2D eigenvalue weighted by Gasteiger charge is 2.35. The molecule has 0 saturated carbocycles. The molecule has 1 heterocycles. The van der Waals surface area contributed by atoms with E-state index < -0.39 is 17.7 Å². The Morgan fingerprint density at radius 1 is 0.757 bits per heavy atom. The molecule has 0 spiro atoms. The molecule has 3 aromatic rings. The number of hydrogen-bond acceptors (Lipinski definition) is 6. The summed E-state index contributed by atoms with van der Waals surface area (Å²) in [5.41, 5.74) is 1.88. The molecule has 1 aliphatic rings. The van der Waals surface area contributed by atoms with E-state index in [0.717, 1.165) is 4.90 Å². The summed E-state index contributed by atoms with van der Waals surface area (Å²) >= 11 is 0. The summed E-state index contributed by atoms with van der Waals surface area (Å²) in [6, 6.07) is 18.5. The molecule has 0 aliphatic carbocycles. The smallest absolute Gasteiger partial charge is 0.261 e. The lowest BCUT2D eigenvalue weighted by atomic mass is 10.1. The van der Waals surface area contributed by atoms with Gasteiger partial charge in [0.05, 0.1) is 35.7 Å². The predicted octanol–water partition coefficient (Wildman–Crippen LogP) is 4.36. The zero-order valence-electron chi connectivity index (χ0n) is 20.6. The molecule has 0 unspecified atom stereocenters. The van der Waals surface area contributed by atoms with Crippen molar-refractivity contribution in [3.05, 3.63) is 83.4 Å². The molecule has 0 radical (unpaired) electrons. The van der Waals surface area contributed by atoms with Gasteiger partial charge < -0.3 is 20.1 Å². The van der Waals surface area contributed by atoms with Gasteiger partial charge in [-0.05, 0) is 38.1 Å². The number of rotatable bonds is 10. The zero-order valence-corrected chi connectivity index (χ0v) is 20.6. The van der Waals surface area contributed by atoms with Gasteiger partial charge in [-0.3, -0.25) is 24.1 Å². The van der Waals surface area contributed by atoms with Crippen molar-refractivity contribution < 1.29 is 28.7 Å². The van der Waals surface area contributed by atoms with E-state index in [2.05, 4.69) is 10.6 Å². The van der Waals surface area contributed by atoms with Crippen LogP contribution in [0, 0.1) is 0 Å². The van der Waals surface area contributed by atoms with Crippen molar-refractivity contribution in [1.82, 2.24) is 4.90 Å². The Labute approximate surface area is 214 Å². The first-order chi connectivity index (χ1) is 17.9. The van der Waals surface area contributed by atoms with Gasteiger partial charge in [-0.15, -0.1) is 0 Å². The molecule has 0 bridgehead atoms. The number of imide groups is 1. The van der Waals surface area contributed by atoms with E-state index in [1.54, 1.807) is 74.5 Å². The predicted molar refractivity (Wildman–Crippen MR) is 138 cm³/mol. The number of benzene rings is 3. The van der Waals surface area contributed by atoms with Crippen molar-refractivity contribution >= 4 is 35.0 Å². The summed E-state index contributed by atoms with van der Waals surface area (Å²) in [6.45, 7) is 4.19. The number of nitrogens with one attached hydrogen (secondary N) is 2. The first-order valence-corrected chi connectivity index (χ1v) is 12.0. The average Bonchev–Trinajstić information content (AvgIpc) is 3.15. The van der Waals surface area contributed by atoms with Crippen LogP contribution in [0.5, 0.6) is 11.5 Å². The average molecular weight is 502 g/mol. The lowest BCUT2D eigenvalue weighted by molar-refractivity contribution is -0.116. The van der Waals surface area contributed by atoms with Gasteiger partial charge in [0.25, 0.3) is 17.7 Å². The van der Waals surface area contributed by atoms with E-state index in [9.17, 15) is 19.2 Å². The van der Waals surface area contributed by atoms with Crippen LogP contribution >= 0.6 is 0 Å². The van der Waals surface area contributed by atoms with Gasteiger partial charge in [0.15, 0.2) is 0 Å². The summed E-state index contributed by atoms with van der Waals surface area (Å²) in [5, 5.41) is 5.61. The molecule has 9 heteroatoms. The summed E-state index contributed by atoms with van der Waals surface area (Å²) in [6.07, 6.45) is -0.104. The monoisotopic (exact) mass is 501 g/mol. The molecule has 37 heavy (non-hydrogen) atoms. The Hall–Kier alpha value is -4.66. The fourth-order valence-corrected chi connectivity index (χ4v) is 3.96. The fourth-order valence-electron chi connectivity index (χ4n) is 3.96. The van der Waals surface area contributed by atoms with E-state index in [1.165, 1.54) is 0 Å². The summed E-state index contributed by atoms with van der Waals surface area (Å²) in [7, 11) is 0. The van der Waals surface area contributed by atoms with E-state index in [-0.39, 0.29) is 18.9 Å². The van der Waals surface area contributed by atoms with Gasteiger partial charge in [0.2, 0.25) is 5.91 Å². The Morgan fingerprint density at radius 3 is 1.81 bits per heavy atom. The third-order valence-electron chi connectivity index (χ3n) is 5.68. The molecule has 4 rings (SSSR count). The molecule has 190 valence electrons. The highest BCUT2D eigenvalue weighted by atomic mass is 16.5. The van der Waals surface area contributed by atoms with Gasteiger partial charge in [0.1, 0.15) is 11.5 Å². The summed E-state index contributed by atoms with van der Waals surface area (Å²) in [4.78, 5) is 51.7. The van der Waals surface area contributed by atoms with Gasteiger partial charge in [0, 0.05) is 30.7 Å². The second-order valence-corrected chi connectivity index (χ2v) is 8.14. The third-order valence-corrected chi connectivity index (χ3v) is 5.68. The first-order valence-electron chi connectivity index (χ1n) is 12.0. The molecular formula is C28H27N3O6. The number of nitrogens with zero attached hydrogens (tertiary/aromatic N) is 1. The van der Waals surface area contributed by atoms with E-state index in [0.29, 0.717) is 52.8 Å². The summed E-state index contributed by atoms with van der Waals surface area (Å²) < 4.78 is 11.4. The molecule has 0 fully saturated rings. The topological polar surface area (TPSA) is 114 Å². The van der Waals surface area contributed by atoms with Crippen LogP contribution in [-0.2, 0) is 4.79 Å². The van der Waals surface area contributed by atoms with Crippen LogP contribution < -0.4 is 20.1 Å². The van der Waals surface area contributed by atoms with Gasteiger partial charge in [-0.25, -0.2) is 0 Å². The molecule has 9 nitrogen and oxygen atoms in total. The van der Waals surface area contributed by atoms with Crippen LogP contribution in [0.2, 0.25) is 0 Å². The Bertz CT molecular complexity index is 1300. The Kier molecular flexibility index (Phi) is 7.83. The molecular weight excluding hydrogens is 474 g/mol. The zero-order chi connectivity index (χ0) is 26.4. The minimum Gasteiger partial charge on any atom is -0.492 e. The van der Waals surface area contributed by atoms with Crippen molar-refractivity contribution in [2.75, 3.05) is 30.4 Å². The van der Waals surface area contributed by atoms with Gasteiger partial charge in [-0.1, -0.05) is 30.3 Å². The van der Waals surface area contributed by atoms with Crippen LogP contribution in [-0.4, -0.2) is 48.3 Å². The number of ether oxygens (including phenoxy) is 2. The quantitative estimate of drug-likeness (QED) is 0.399. The highest BCUT2D eigenvalue weighted by molar-refractivity contribution is 6.21. The first kappa shape index (κ1) is 25.4. The van der Waals surface area contributed by atoms with Crippen molar-refractivity contribution in [2.45, 2.75) is 20.3 Å². The fraction of sp³-hybridized carbons (Fsp3) is 0.214. The number of carbonyl (C=O) groups is 4. The van der Waals surface area contributed by atoms with Crippen molar-refractivity contribution in [3.8, 4) is 11.5 Å². The van der Waals surface area contributed by atoms with Crippen LogP contribution in [0.1, 0.15) is 51.3 Å². The van der Waals surface area contributed by atoms with Crippen molar-refractivity contribution in [1.29, 1.82) is 0 Å². The van der Waals surface area contributed by atoms with Crippen molar-refractivity contribution in [2.24, 2.45) is 0 Å². The van der Waals surface area contributed by atoms with Crippen LogP contribution in [0.4, 0.5) is 11.4 Å². The lowest BCUT2D eigenvalue weighted by Crippen LogP contribution is -2.32. The normalized spacial score (nSPS) is 12.2. The maximum atomic E-state index is 12.8. The number of fused-ring (bicyclic) bond motifs is 1. The number of carbonyl (C=O) groups excluding carboxylic acids is 4. The minimum absolute atomic E-state index is 0.0638. The molecule has 0 saturated heterocycles. The molecule has 4 amide bonds. The molecule has 0 atom stereocenters. The second kappa shape index (κ2) is 11.4. The number of anilines is 2. The molecule has 2 N–H and O–H groups in total. The lowest BCUT2D eigenvalue weighted by Gasteiger charge is -2.18. The van der Waals surface area contributed by atoms with Gasteiger partial charge >= 0.3 is 0 Å². The minimum atomic E-state index is -0.416. The maximum absolute atomic E-state index is 12.8. The highest BCUT2D eigenvalue weighted by Crippen LogP contribution is 2.37. The van der Waals surface area contributed by atoms with E-state index >= 15 is 0 Å². The standard InChI is InChI=1S/C28H27N3O6/c1-3-36-23-17-22(30-26(33)18-10-6-5-7-11-18)24(37-4-2)16-21(23)29-25(32)14-15-31-27(34)19-12-8-9-13-20(19)28(31)35/h5-13,16-17H,3-4,14-15H2,1-2H3,(H,29,32)(H,30,33). The SMILES string of the molecule is CCOc1cc(NC(=O)c2ccccc2)c(OCC)cc1NC(=O)CCN1C(=O)c2ccccc2C1=O. The third kappa shape index (κ3) is 5.61. The number of hydrogen-bond donors (Lipinski definition) is 2. The largest absolute Gasteiger partial charge is 0.492 e. The van der Waals surface area contributed by atoms with Crippen molar-refractivity contribution in [3.63, 3.8) is 0 Å². The van der Waals surface area contributed by atoms with Crippen LogP contribution in [0.25, 0.3) is 0 Å². The van der Waals surface area contributed by atoms with Gasteiger partial charge in [-0.2, -0.15) is 0 Å². The van der Waals surface area contributed by atoms with E-state index in [1.807, 2.05) is 6.07 Å². The number of amides is 4. The van der Waals surface area contributed by atoms with Crippen LogP contribution in [0.15, 0.2) is 66.7 Å². The maximum Gasteiger partial charge on any atom is 0.261 e. The second-order valence-electron chi connectivity index (χ2n) is 8.14.